The van der Waals surface area contributed by atoms with Gasteiger partial charge in [-0.25, -0.2) is 9.78 Å². The van der Waals surface area contributed by atoms with E-state index >= 15 is 0 Å². The molecule has 0 amide bonds. The molecule has 0 radical (unpaired) electrons. The molecule has 3 aromatic rings. The van der Waals surface area contributed by atoms with E-state index in [2.05, 4.69) is 34.1 Å². The lowest BCUT2D eigenvalue weighted by Crippen LogP contribution is -2.33. The lowest BCUT2D eigenvalue weighted by Gasteiger charge is -2.31. The lowest BCUT2D eigenvalue weighted by atomic mass is 10.0. The Balaban J connectivity index is 1.61. The fourth-order valence-corrected chi connectivity index (χ4v) is 3.16. The van der Waals surface area contributed by atoms with Crippen molar-refractivity contribution < 1.29 is 4.42 Å². The van der Waals surface area contributed by atoms with Crippen LogP contribution in [0.4, 0.5) is 5.69 Å². The molecule has 0 aliphatic carbocycles. The summed E-state index contributed by atoms with van der Waals surface area (Å²) < 4.78 is 6.85. The molecule has 0 atom stereocenters. The normalized spacial score (nSPS) is 14.3. The number of hydrogen-bond acceptors (Lipinski definition) is 4. The Morgan fingerprint density at radius 2 is 2.05 bits per heavy atom. The number of hydrogen-bond donors (Lipinski definition) is 0. The van der Waals surface area contributed by atoms with Gasteiger partial charge in [-0.05, 0) is 36.6 Å². The summed E-state index contributed by atoms with van der Waals surface area (Å²) in [7, 11) is 0. The van der Waals surface area contributed by atoms with Crippen LogP contribution in [-0.4, -0.2) is 22.6 Å². The van der Waals surface area contributed by atoms with Gasteiger partial charge in [-0.3, -0.25) is 4.57 Å². The summed E-state index contributed by atoms with van der Waals surface area (Å²) >= 11 is 0. The van der Waals surface area contributed by atoms with Crippen LogP contribution in [0.15, 0.2) is 51.8 Å². The van der Waals surface area contributed by atoms with E-state index in [9.17, 15) is 4.79 Å². The molecule has 1 aliphatic rings. The molecular formula is C17H17N3O2. The van der Waals surface area contributed by atoms with Crippen molar-refractivity contribution in [2.45, 2.75) is 19.4 Å². The quantitative estimate of drug-likeness (QED) is 0.744. The zero-order valence-electron chi connectivity index (χ0n) is 12.2. The molecule has 112 valence electrons. The van der Waals surface area contributed by atoms with Gasteiger partial charge in [0, 0.05) is 31.5 Å². The Bertz CT molecular complexity index is 865. The Morgan fingerprint density at radius 1 is 1.14 bits per heavy atom. The van der Waals surface area contributed by atoms with Crippen LogP contribution in [0.3, 0.4) is 0 Å². The van der Waals surface area contributed by atoms with E-state index in [1.165, 1.54) is 11.3 Å². The monoisotopic (exact) mass is 295 g/mol. The van der Waals surface area contributed by atoms with Crippen molar-refractivity contribution in [1.29, 1.82) is 0 Å². The van der Waals surface area contributed by atoms with E-state index in [-0.39, 0.29) is 5.76 Å². The van der Waals surface area contributed by atoms with Gasteiger partial charge in [0.1, 0.15) is 0 Å². The van der Waals surface area contributed by atoms with Crippen molar-refractivity contribution >= 4 is 16.9 Å². The highest BCUT2D eigenvalue weighted by molar-refractivity contribution is 5.67. The highest BCUT2D eigenvalue weighted by Crippen LogP contribution is 2.26. The first-order valence-electron chi connectivity index (χ1n) is 7.60. The van der Waals surface area contributed by atoms with Gasteiger partial charge in [-0.2, -0.15) is 0 Å². The third-order valence-electron chi connectivity index (χ3n) is 4.22. The topological polar surface area (TPSA) is 51.3 Å². The van der Waals surface area contributed by atoms with Crippen LogP contribution in [0, 0.1) is 0 Å². The van der Waals surface area contributed by atoms with Crippen LogP contribution >= 0.6 is 0 Å². The molecule has 2 aromatic heterocycles. The molecule has 0 saturated carbocycles. The molecule has 22 heavy (non-hydrogen) atoms. The summed E-state index contributed by atoms with van der Waals surface area (Å²) in [6.07, 6.45) is 3.96. The summed E-state index contributed by atoms with van der Waals surface area (Å²) in [5.41, 5.74) is 3.84. The van der Waals surface area contributed by atoms with E-state index in [0.29, 0.717) is 17.8 Å². The van der Waals surface area contributed by atoms with Crippen molar-refractivity contribution in [1.82, 2.24) is 9.55 Å². The van der Waals surface area contributed by atoms with Crippen LogP contribution < -0.4 is 10.7 Å². The molecule has 5 nitrogen and oxygen atoms in total. The summed E-state index contributed by atoms with van der Waals surface area (Å²) in [5.74, 6) is -0.334. The van der Waals surface area contributed by atoms with Crippen molar-refractivity contribution in [2.24, 2.45) is 0 Å². The van der Waals surface area contributed by atoms with E-state index < -0.39 is 0 Å². The number of rotatable bonds is 3. The standard InChI is InChI=1S/C17H17N3O2/c21-17-20(16-15(22-17)8-3-9-18-16)12-11-19-10-4-6-13-5-1-2-7-14(13)19/h1-3,5,7-9H,4,6,10-12H2. The van der Waals surface area contributed by atoms with Gasteiger partial charge in [-0.1, -0.05) is 18.2 Å². The second kappa shape index (κ2) is 5.33. The number of aromatic nitrogens is 2. The van der Waals surface area contributed by atoms with Crippen LogP contribution in [0.2, 0.25) is 0 Å². The van der Waals surface area contributed by atoms with E-state index in [1.807, 2.05) is 0 Å². The number of aryl methyl sites for hydroxylation is 1. The number of fused-ring (bicyclic) bond motifs is 2. The first kappa shape index (κ1) is 13.1. The number of oxazole rings is 1. The van der Waals surface area contributed by atoms with Crippen molar-refractivity contribution in [3.63, 3.8) is 0 Å². The van der Waals surface area contributed by atoms with Gasteiger partial charge in [0.05, 0.1) is 0 Å². The predicted octanol–water partition coefficient (Wildman–Crippen LogP) is 2.44. The highest BCUT2D eigenvalue weighted by atomic mass is 16.4. The van der Waals surface area contributed by atoms with Crippen molar-refractivity contribution in [3.8, 4) is 0 Å². The maximum atomic E-state index is 12.0. The minimum Gasteiger partial charge on any atom is -0.406 e. The maximum absolute atomic E-state index is 12.0. The molecule has 0 saturated heterocycles. The Labute approximate surface area is 127 Å². The number of anilines is 1. The lowest BCUT2D eigenvalue weighted by molar-refractivity contribution is 0.501. The smallest absolute Gasteiger partial charge is 0.406 e. The second-order valence-electron chi connectivity index (χ2n) is 5.56. The third-order valence-corrected chi connectivity index (χ3v) is 4.22. The minimum atomic E-state index is -0.334. The summed E-state index contributed by atoms with van der Waals surface area (Å²) in [6.45, 7) is 2.38. The van der Waals surface area contributed by atoms with Gasteiger partial charge in [0.15, 0.2) is 11.2 Å². The number of para-hydroxylation sites is 1. The Kier molecular flexibility index (Phi) is 3.18. The van der Waals surface area contributed by atoms with Crippen LogP contribution in [0.1, 0.15) is 12.0 Å². The highest BCUT2D eigenvalue weighted by Gasteiger charge is 2.17. The molecule has 0 N–H and O–H groups in total. The van der Waals surface area contributed by atoms with Crippen LogP contribution in [-0.2, 0) is 13.0 Å². The Morgan fingerprint density at radius 3 is 3.00 bits per heavy atom. The second-order valence-corrected chi connectivity index (χ2v) is 5.56. The SMILES string of the molecule is O=c1oc2cccnc2n1CCN1CCCc2ccccc21. The number of benzene rings is 1. The molecule has 0 unspecified atom stereocenters. The van der Waals surface area contributed by atoms with Gasteiger partial charge in [0.25, 0.3) is 0 Å². The van der Waals surface area contributed by atoms with Crippen molar-refractivity contribution in [3.05, 3.63) is 58.7 Å². The Hall–Kier alpha value is -2.56. The average Bonchev–Trinajstić information content (AvgIpc) is 2.88. The van der Waals surface area contributed by atoms with Gasteiger partial charge < -0.3 is 9.32 Å². The summed E-state index contributed by atoms with van der Waals surface area (Å²) in [4.78, 5) is 18.6. The predicted molar refractivity (Wildman–Crippen MR) is 85.2 cm³/mol. The van der Waals surface area contributed by atoms with E-state index in [1.54, 1.807) is 22.9 Å². The van der Waals surface area contributed by atoms with E-state index in [4.69, 9.17) is 4.42 Å². The molecule has 3 heterocycles. The summed E-state index contributed by atoms with van der Waals surface area (Å²) in [6, 6.07) is 12.0. The fourth-order valence-electron chi connectivity index (χ4n) is 3.16. The first-order chi connectivity index (χ1) is 10.8. The summed E-state index contributed by atoms with van der Waals surface area (Å²) in [5, 5.41) is 0. The largest absolute Gasteiger partial charge is 0.421 e. The van der Waals surface area contributed by atoms with Gasteiger partial charge in [-0.15, -0.1) is 0 Å². The fraction of sp³-hybridized carbons (Fsp3) is 0.294. The molecule has 0 fully saturated rings. The molecule has 0 bridgehead atoms. The molecule has 4 rings (SSSR count). The minimum absolute atomic E-state index is 0.334. The average molecular weight is 295 g/mol. The molecular weight excluding hydrogens is 278 g/mol. The molecule has 1 aliphatic heterocycles. The van der Waals surface area contributed by atoms with E-state index in [0.717, 1.165) is 25.9 Å². The van der Waals surface area contributed by atoms with Gasteiger partial charge in [0.2, 0.25) is 0 Å². The first-order valence-corrected chi connectivity index (χ1v) is 7.60. The number of nitrogens with zero attached hydrogens (tertiary/aromatic N) is 3. The third kappa shape index (κ3) is 2.19. The molecule has 1 aromatic carbocycles. The van der Waals surface area contributed by atoms with Crippen molar-refractivity contribution in [2.75, 3.05) is 18.0 Å². The van der Waals surface area contributed by atoms with Crippen LogP contribution in [0.25, 0.3) is 11.2 Å². The zero-order chi connectivity index (χ0) is 14.9. The van der Waals surface area contributed by atoms with Crippen LogP contribution in [0.5, 0.6) is 0 Å². The van der Waals surface area contributed by atoms with Gasteiger partial charge >= 0.3 is 5.76 Å². The maximum Gasteiger partial charge on any atom is 0.421 e. The molecule has 5 heteroatoms. The zero-order valence-corrected chi connectivity index (χ0v) is 12.2. The molecule has 0 spiro atoms. The number of pyridine rings is 1.